The summed E-state index contributed by atoms with van der Waals surface area (Å²) < 4.78 is 10.0. The molecular formula is C7H6O2. The lowest BCUT2D eigenvalue weighted by Crippen LogP contribution is -1.76. The van der Waals surface area contributed by atoms with Crippen molar-refractivity contribution in [2.45, 2.75) is 0 Å². The molecule has 0 N–H and O–H groups in total. The minimum atomic E-state index is 0.826. The predicted molar refractivity (Wildman–Crippen MR) is 33.1 cm³/mol. The summed E-state index contributed by atoms with van der Waals surface area (Å²) in [5.41, 5.74) is 0. The molecule has 1 heterocycles. The number of methoxy groups -OCH3 is 1. The van der Waals surface area contributed by atoms with Gasteiger partial charge in [0.15, 0.2) is 11.5 Å². The molecule has 0 bridgehead atoms. The molecule has 1 aromatic carbocycles. The van der Waals surface area contributed by atoms with Gasteiger partial charge in [0.05, 0.1) is 7.11 Å². The summed E-state index contributed by atoms with van der Waals surface area (Å²) in [6, 6.07) is 5.70. The summed E-state index contributed by atoms with van der Waals surface area (Å²) in [5.74, 6) is 2.65. The SMILES string of the molecule is COc1cccc2c1O2. The molecule has 0 unspecified atom stereocenters. The first-order chi connectivity index (χ1) is 4.42. The Balaban J connectivity index is 2.51. The first kappa shape index (κ1) is 4.68. The van der Waals surface area contributed by atoms with E-state index >= 15 is 0 Å². The Hall–Kier alpha value is -1.18. The number of benzene rings is 1. The van der Waals surface area contributed by atoms with Gasteiger partial charge in [-0.05, 0) is 12.1 Å². The zero-order valence-electron chi connectivity index (χ0n) is 5.05. The average Bonchev–Trinajstić information content (AvgIpc) is 2.64. The van der Waals surface area contributed by atoms with E-state index in [0.29, 0.717) is 0 Å². The molecule has 0 spiro atoms. The van der Waals surface area contributed by atoms with E-state index in [4.69, 9.17) is 9.47 Å². The second kappa shape index (κ2) is 1.41. The highest BCUT2D eigenvalue weighted by molar-refractivity contribution is 5.62. The molecule has 0 saturated carbocycles. The maximum atomic E-state index is 5.03. The van der Waals surface area contributed by atoms with Gasteiger partial charge >= 0.3 is 0 Å². The molecule has 1 aliphatic rings. The Morgan fingerprint density at radius 3 is 3.00 bits per heavy atom. The van der Waals surface area contributed by atoms with Crippen molar-refractivity contribution in [3.8, 4) is 17.2 Å². The van der Waals surface area contributed by atoms with E-state index in [9.17, 15) is 0 Å². The quantitative estimate of drug-likeness (QED) is 0.538. The van der Waals surface area contributed by atoms with Crippen LogP contribution < -0.4 is 9.47 Å². The molecule has 2 nitrogen and oxygen atoms in total. The standard InChI is InChI=1S/C7H6O2/c1-8-5-3-2-4-6-7(5)9-6/h2-4H,1H3. The highest BCUT2D eigenvalue weighted by Crippen LogP contribution is 2.51. The lowest BCUT2D eigenvalue weighted by atomic mass is 10.3. The van der Waals surface area contributed by atoms with Gasteiger partial charge in [-0.15, -0.1) is 0 Å². The minimum Gasteiger partial charge on any atom is -0.493 e. The van der Waals surface area contributed by atoms with E-state index in [1.54, 1.807) is 7.11 Å². The second-order valence-corrected chi connectivity index (χ2v) is 1.89. The van der Waals surface area contributed by atoms with Crippen LogP contribution in [0.3, 0.4) is 0 Å². The average molecular weight is 122 g/mol. The van der Waals surface area contributed by atoms with E-state index in [0.717, 1.165) is 17.2 Å². The van der Waals surface area contributed by atoms with E-state index in [2.05, 4.69) is 0 Å². The summed E-state index contributed by atoms with van der Waals surface area (Å²) in [6.07, 6.45) is 0. The van der Waals surface area contributed by atoms with Crippen LogP contribution in [0.2, 0.25) is 0 Å². The molecular weight excluding hydrogens is 116 g/mol. The normalized spacial score (nSPS) is 11.7. The van der Waals surface area contributed by atoms with E-state index < -0.39 is 0 Å². The molecule has 46 valence electrons. The molecule has 0 aliphatic carbocycles. The Labute approximate surface area is 53.0 Å². The third-order valence-corrected chi connectivity index (χ3v) is 1.33. The molecule has 0 aromatic heterocycles. The molecule has 0 radical (unpaired) electrons. The van der Waals surface area contributed by atoms with Crippen molar-refractivity contribution in [1.29, 1.82) is 0 Å². The Morgan fingerprint density at radius 2 is 2.33 bits per heavy atom. The van der Waals surface area contributed by atoms with Gasteiger partial charge in [0, 0.05) is 0 Å². The van der Waals surface area contributed by atoms with E-state index in [1.165, 1.54) is 0 Å². The largest absolute Gasteiger partial charge is 0.493 e. The van der Waals surface area contributed by atoms with Crippen LogP contribution in [0.25, 0.3) is 0 Å². The summed E-state index contributed by atoms with van der Waals surface area (Å²) >= 11 is 0. The monoisotopic (exact) mass is 122 g/mol. The molecule has 2 rings (SSSR count). The van der Waals surface area contributed by atoms with E-state index in [-0.39, 0.29) is 0 Å². The van der Waals surface area contributed by atoms with Crippen LogP contribution in [0.5, 0.6) is 17.2 Å². The first-order valence-electron chi connectivity index (χ1n) is 2.76. The second-order valence-electron chi connectivity index (χ2n) is 1.89. The first-order valence-corrected chi connectivity index (χ1v) is 2.76. The zero-order valence-corrected chi connectivity index (χ0v) is 5.05. The number of hydrogen-bond donors (Lipinski definition) is 0. The van der Waals surface area contributed by atoms with Crippen LogP contribution in [-0.2, 0) is 0 Å². The van der Waals surface area contributed by atoms with Gasteiger partial charge in [0.25, 0.3) is 0 Å². The van der Waals surface area contributed by atoms with Gasteiger partial charge in [0.1, 0.15) is 0 Å². The highest BCUT2D eigenvalue weighted by Gasteiger charge is 2.23. The third kappa shape index (κ3) is 0.560. The summed E-state index contributed by atoms with van der Waals surface area (Å²) in [5, 5.41) is 0. The van der Waals surface area contributed by atoms with Gasteiger partial charge in [0.2, 0.25) is 5.75 Å². The molecule has 0 saturated heterocycles. The van der Waals surface area contributed by atoms with Crippen LogP contribution in [0.4, 0.5) is 0 Å². The smallest absolute Gasteiger partial charge is 0.211 e. The molecule has 0 atom stereocenters. The molecule has 9 heavy (non-hydrogen) atoms. The van der Waals surface area contributed by atoms with Crippen molar-refractivity contribution in [3.05, 3.63) is 18.2 Å². The van der Waals surface area contributed by atoms with Crippen LogP contribution in [0.15, 0.2) is 18.2 Å². The number of hydrogen-bond acceptors (Lipinski definition) is 2. The Bertz CT molecular complexity index is 243. The van der Waals surface area contributed by atoms with Gasteiger partial charge < -0.3 is 9.47 Å². The van der Waals surface area contributed by atoms with Crippen molar-refractivity contribution in [2.75, 3.05) is 7.11 Å². The summed E-state index contributed by atoms with van der Waals surface area (Å²) in [4.78, 5) is 0. The van der Waals surface area contributed by atoms with Crippen molar-refractivity contribution in [3.63, 3.8) is 0 Å². The molecule has 1 aliphatic heterocycles. The number of para-hydroxylation sites is 1. The van der Waals surface area contributed by atoms with Crippen LogP contribution >= 0.6 is 0 Å². The molecule has 2 heteroatoms. The van der Waals surface area contributed by atoms with Crippen LogP contribution in [0, 0.1) is 0 Å². The van der Waals surface area contributed by atoms with Gasteiger partial charge in [-0.2, -0.15) is 0 Å². The van der Waals surface area contributed by atoms with Gasteiger partial charge in [-0.1, -0.05) is 6.07 Å². The fourth-order valence-corrected chi connectivity index (χ4v) is 0.825. The zero-order chi connectivity index (χ0) is 6.27. The highest BCUT2D eigenvalue weighted by atomic mass is 16.6. The molecule has 1 aromatic rings. The van der Waals surface area contributed by atoms with Crippen molar-refractivity contribution in [1.82, 2.24) is 0 Å². The third-order valence-electron chi connectivity index (χ3n) is 1.33. The lowest BCUT2D eigenvalue weighted by Gasteiger charge is -1.90. The lowest BCUT2D eigenvalue weighted by molar-refractivity contribution is 0.408. The maximum absolute atomic E-state index is 5.03. The number of fused-ring (bicyclic) bond motifs is 1. The number of ether oxygens (including phenoxy) is 2. The van der Waals surface area contributed by atoms with Crippen LogP contribution in [-0.4, -0.2) is 7.11 Å². The summed E-state index contributed by atoms with van der Waals surface area (Å²) in [6.45, 7) is 0. The van der Waals surface area contributed by atoms with Gasteiger partial charge in [-0.3, -0.25) is 0 Å². The Morgan fingerprint density at radius 1 is 1.44 bits per heavy atom. The van der Waals surface area contributed by atoms with Crippen LogP contribution in [0.1, 0.15) is 0 Å². The topological polar surface area (TPSA) is 21.8 Å². The summed E-state index contributed by atoms with van der Waals surface area (Å²) in [7, 11) is 1.64. The van der Waals surface area contributed by atoms with Crippen molar-refractivity contribution in [2.24, 2.45) is 0 Å². The van der Waals surface area contributed by atoms with Crippen molar-refractivity contribution >= 4 is 0 Å². The number of rotatable bonds is 1. The fraction of sp³-hybridized carbons (Fsp3) is 0.143. The molecule has 0 fully saturated rings. The maximum Gasteiger partial charge on any atom is 0.211 e. The van der Waals surface area contributed by atoms with Crippen molar-refractivity contribution < 1.29 is 9.47 Å². The molecule has 0 amide bonds. The Kier molecular flexibility index (Phi) is 0.730. The predicted octanol–water partition coefficient (Wildman–Crippen LogP) is 1.80. The van der Waals surface area contributed by atoms with Gasteiger partial charge in [-0.25, -0.2) is 0 Å². The minimum absolute atomic E-state index is 0.826. The fourth-order valence-electron chi connectivity index (χ4n) is 0.825. The van der Waals surface area contributed by atoms with E-state index in [1.807, 2.05) is 18.2 Å².